The maximum atomic E-state index is 14.3. The number of nitrogens with zero attached hydrogens (tertiary/aromatic N) is 1. The Labute approximate surface area is 211 Å². The predicted octanol–water partition coefficient (Wildman–Crippen LogP) is 5.42. The Kier molecular flexibility index (Phi) is 8.49. The first-order valence-electron chi connectivity index (χ1n) is 10.9. The summed E-state index contributed by atoms with van der Waals surface area (Å²) in [7, 11) is -3.67. The number of sulfonamides is 1. The van der Waals surface area contributed by atoms with Gasteiger partial charge in [0.15, 0.2) is 0 Å². The third kappa shape index (κ3) is 8.28. The number of rotatable bonds is 8. The summed E-state index contributed by atoms with van der Waals surface area (Å²) in [6.45, 7) is 1.45. The van der Waals surface area contributed by atoms with E-state index in [2.05, 4.69) is 15.0 Å². The smallest absolute Gasteiger partial charge is 0.348 e. The lowest BCUT2D eigenvalue weighted by atomic mass is 10.1. The number of alkyl halides is 3. The molecule has 0 spiro atoms. The van der Waals surface area contributed by atoms with Crippen LogP contribution in [0.1, 0.15) is 33.6 Å². The number of nitrogens with one attached hydrogen (secondary N) is 2. The monoisotopic (exact) mass is 533 g/mol. The summed E-state index contributed by atoms with van der Waals surface area (Å²) in [5.74, 6) is -1.37. The van der Waals surface area contributed by atoms with Gasteiger partial charge in [-0.25, -0.2) is 17.8 Å². The first kappa shape index (κ1) is 27.6. The number of aryl methyl sites for hydroxylation is 1. The first-order chi connectivity index (χ1) is 17.3. The summed E-state index contributed by atoms with van der Waals surface area (Å²) in [6.07, 6.45) is 1.78. The van der Waals surface area contributed by atoms with E-state index in [1.807, 2.05) is 6.07 Å². The maximum absolute atomic E-state index is 14.3. The van der Waals surface area contributed by atoms with Crippen LogP contribution in [0, 0.1) is 12.7 Å². The van der Waals surface area contributed by atoms with Crippen LogP contribution >= 0.6 is 0 Å². The topological polar surface area (TPSA) is 88.2 Å². The van der Waals surface area contributed by atoms with Crippen LogP contribution in [0.15, 0.2) is 60.7 Å². The van der Waals surface area contributed by atoms with Crippen LogP contribution in [0.4, 0.5) is 23.2 Å². The van der Waals surface area contributed by atoms with E-state index < -0.39 is 33.6 Å². The average Bonchev–Trinajstić information content (AvgIpc) is 2.82. The lowest BCUT2D eigenvalue weighted by molar-refractivity contribution is -0.141. The fourth-order valence-corrected chi connectivity index (χ4v) is 3.93. The molecular weight excluding hydrogens is 510 g/mol. The first-order valence-corrected chi connectivity index (χ1v) is 12.7. The molecule has 1 heterocycles. The van der Waals surface area contributed by atoms with Gasteiger partial charge >= 0.3 is 6.18 Å². The third-order valence-corrected chi connectivity index (χ3v) is 5.57. The van der Waals surface area contributed by atoms with Gasteiger partial charge in [0.1, 0.15) is 11.5 Å². The molecule has 0 saturated carbocycles. The summed E-state index contributed by atoms with van der Waals surface area (Å²) in [5, 5.41) is 2.55. The van der Waals surface area contributed by atoms with Crippen LogP contribution in [-0.4, -0.2) is 25.6 Å². The third-order valence-electron chi connectivity index (χ3n) is 5.00. The van der Waals surface area contributed by atoms with E-state index in [1.54, 1.807) is 30.3 Å². The van der Waals surface area contributed by atoms with Crippen molar-refractivity contribution in [3.05, 3.63) is 100 Å². The zero-order valence-corrected chi connectivity index (χ0v) is 20.6. The summed E-state index contributed by atoms with van der Waals surface area (Å²) in [5.41, 5.74) is 0.545. The Morgan fingerprint density at radius 3 is 2.35 bits per heavy atom. The minimum atomic E-state index is -4.63. The van der Waals surface area contributed by atoms with Crippen LogP contribution in [0.25, 0.3) is 18.2 Å². The van der Waals surface area contributed by atoms with Gasteiger partial charge in [-0.05, 0) is 47.9 Å². The highest BCUT2D eigenvalue weighted by Crippen LogP contribution is 2.29. The largest absolute Gasteiger partial charge is 0.433 e. The molecule has 2 aromatic carbocycles. The molecule has 0 unspecified atom stereocenters. The lowest BCUT2D eigenvalue weighted by Crippen LogP contribution is -2.20. The molecule has 2 N–H and O–H groups in total. The second kappa shape index (κ2) is 11.4. The van der Waals surface area contributed by atoms with E-state index in [0.717, 1.165) is 30.0 Å². The Balaban J connectivity index is 1.76. The average molecular weight is 534 g/mol. The minimum Gasteiger partial charge on any atom is -0.348 e. The number of halogens is 4. The van der Waals surface area contributed by atoms with E-state index in [4.69, 9.17) is 0 Å². The highest BCUT2D eigenvalue weighted by molar-refractivity contribution is 7.92. The fourth-order valence-electron chi connectivity index (χ4n) is 3.30. The molecule has 1 aromatic heterocycles. The number of carbonyl (C=O) groups excluding carboxylic acids is 1. The molecule has 0 aliphatic heterocycles. The standard InChI is InChI=1S/C26H23F4N3O3S/c1-17-14-19(15-21(27)25(17)33-37(2,35)36)16-31-24(34)13-10-20-9-12-23(26(28,29)30)32-22(20)11-8-18-6-4-3-5-7-18/h3-15,33H,16H2,1-2H3,(H,31,34). The SMILES string of the molecule is Cc1cc(CNC(=O)C=Cc2ccc(C(F)(F)F)nc2C=Cc2ccccc2)cc(F)c1NS(C)(=O)=O. The summed E-state index contributed by atoms with van der Waals surface area (Å²) in [4.78, 5) is 16.0. The van der Waals surface area contributed by atoms with Crippen LogP contribution in [0.3, 0.4) is 0 Å². The zero-order chi connectivity index (χ0) is 27.2. The Morgan fingerprint density at radius 2 is 1.73 bits per heavy atom. The van der Waals surface area contributed by atoms with Gasteiger partial charge in [0.2, 0.25) is 15.9 Å². The Morgan fingerprint density at radius 1 is 1.03 bits per heavy atom. The van der Waals surface area contributed by atoms with Gasteiger partial charge in [-0.2, -0.15) is 13.2 Å². The van der Waals surface area contributed by atoms with Crippen molar-refractivity contribution in [2.45, 2.75) is 19.6 Å². The van der Waals surface area contributed by atoms with Gasteiger partial charge < -0.3 is 5.32 Å². The zero-order valence-electron chi connectivity index (χ0n) is 19.8. The van der Waals surface area contributed by atoms with Crippen molar-refractivity contribution in [2.75, 3.05) is 11.0 Å². The molecule has 0 aliphatic carbocycles. The van der Waals surface area contributed by atoms with Gasteiger partial charge in [0.25, 0.3) is 0 Å². The minimum absolute atomic E-state index is 0.0226. The van der Waals surface area contributed by atoms with Crippen molar-refractivity contribution < 1.29 is 30.8 Å². The van der Waals surface area contributed by atoms with E-state index >= 15 is 0 Å². The van der Waals surface area contributed by atoms with Gasteiger partial charge in [-0.3, -0.25) is 9.52 Å². The Hall–Kier alpha value is -3.99. The van der Waals surface area contributed by atoms with Crippen molar-refractivity contribution in [1.29, 1.82) is 0 Å². The normalized spacial score (nSPS) is 12.3. The van der Waals surface area contributed by atoms with E-state index in [-0.39, 0.29) is 23.5 Å². The fraction of sp³-hybridized carbons (Fsp3) is 0.154. The van der Waals surface area contributed by atoms with E-state index in [1.165, 1.54) is 31.2 Å². The molecule has 3 rings (SSSR count). The molecule has 37 heavy (non-hydrogen) atoms. The molecule has 0 atom stereocenters. The van der Waals surface area contributed by atoms with Gasteiger partial charge in [-0.15, -0.1) is 0 Å². The van der Waals surface area contributed by atoms with Crippen LogP contribution < -0.4 is 10.0 Å². The van der Waals surface area contributed by atoms with Crippen LogP contribution in [0.2, 0.25) is 0 Å². The number of carbonyl (C=O) groups is 1. The van der Waals surface area contributed by atoms with Gasteiger partial charge in [-0.1, -0.05) is 48.5 Å². The number of hydrogen-bond donors (Lipinski definition) is 2. The summed E-state index contributed by atoms with van der Waals surface area (Å²) in [6, 6.07) is 13.6. The second-order valence-electron chi connectivity index (χ2n) is 8.11. The highest BCUT2D eigenvalue weighted by atomic mass is 32.2. The molecule has 0 radical (unpaired) electrons. The summed E-state index contributed by atoms with van der Waals surface area (Å²) < 4.78 is 78.7. The molecule has 0 bridgehead atoms. The van der Waals surface area contributed by atoms with Crippen molar-refractivity contribution in [3.63, 3.8) is 0 Å². The number of pyridine rings is 1. The molecule has 0 fully saturated rings. The van der Waals surface area contributed by atoms with Crippen molar-refractivity contribution in [1.82, 2.24) is 10.3 Å². The van der Waals surface area contributed by atoms with Crippen molar-refractivity contribution in [3.8, 4) is 0 Å². The maximum Gasteiger partial charge on any atom is 0.433 e. The number of aromatic nitrogens is 1. The number of anilines is 1. The molecular formula is C26H23F4N3O3S. The highest BCUT2D eigenvalue weighted by Gasteiger charge is 2.32. The predicted molar refractivity (Wildman–Crippen MR) is 135 cm³/mol. The molecule has 11 heteroatoms. The molecule has 194 valence electrons. The van der Waals surface area contributed by atoms with Crippen LogP contribution in [-0.2, 0) is 27.5 Å². The number of hydrogen-bond acceptors (Lipinski definition) is 4. The molecule has 0 saturated heterocycles. The molecule has 0 aliphatic rings. The molecule has 3 aromatic rings. The van der Waals surface area contributed by atoms with Crippen molar-refractivity contribution >= 4 is 39.8 Å². The number of amides is 1. The molecule has 6 nitrogen and oxygen atoms in total. The lowest BCUT2D eigenvalue weighted by Gasteiger charge is -2.11. The van der Waals surface area contributed by atoms with E-state index in [0.29, 0.717) is 11.1 Å². The van der Waals surface area contributed by atoms with Gasteiger partial charge in [0.05, 0.1) is 17.6 Å². The van der Waals surface area contributed by atoms with Crippen molar-refractivity contribution in [2.24, 2.45) is 0 Å². The number of benzene rings is 2. The molecule has 1 amide bonds. The Bertz CT molecular complexity index is 1430. The quantitative estimate of drug-likeness (QED) is 0.299. The van der Waals surface area contributed by atoms with Crippen LogP contribution in [0.5, 0.6) is 0 Å². The summed E-state index contributed by atoms with van der Waals surface area (Å²) >= 11 is 0. The second-order valence-corrected chi connectivity index (χ2v) is 9.86. The van der Waals surface area contributed by atoms with E-state index in [9.17, 15) is 30.8 Å². The van der Waals surface area contributed by atoms with Gasteiger partial charge in [0, 0.05) is 18.2 Å².